The molecule has 8 nitrogen and oxygen atoms in total. The fourth-order valence-electron chi connectivity index (χ4n) is 3.67. The third kappa shape index (κ3) is 3.46. The zero-order valence-corrected chi connectivity index (χ0v) is 16.6. The van der Waals surface area contributed by atoms with Crippen LogP contribution in [0.25, 0.3) is 11.3 Å². The molecular formula is C21H20FN5O3. The molecule has 9 heteroatoms. The van der Waals surface area contributed by atoms with E-state index in [1.807, 2.05) is 20.0 Å². The molecule has 0 fully saturated rings. The van der Waals surface area contributed by atoms with Crippen LogP contribution < -0.4 is 5.56 Å². The summed E-state index contributed by atoms with van der Waals surface area (Å²) in [5.74, 6) is -0.610. The third-order valence-corrected chi connectivity index (χ3v) is 5.26. The highest BCUT2D eigenvalue weighted by Crippen LogP contribution is 2.30. The van der Waals surface area contributed by atoms with Gasteiger partial charge in [-0.3, -0.25) is 9.36 Å². The Bertz CT molecular complexity index is 1220. The number of benzene rings is 1. The van der Waals surface area contributed by atoms with Crippen molar-refractivity contribution in [3.8, 4) is 23.1 Å². The number of nitriles is 1. The fraction of sp³-hybridized carbons (Fsp3) is 0.333. The summed E-state index contributed by atoms with van der Waals surface area (Å²) in [6, 6.07) is 5.52. The van der Waals surface area contributed by atoms with E-state index in [9.17, 15) is 19.6 Å². The number of phenols is 1. The molecule has 30 heavy (non-hydrogen) atoms. The maximum Gasteiger partial charge on any atom is 0.257 e. The molecule has 0 unspecified atom stereocenters. The summed E-state index contributed by atoms with van der Waals surface area (Å²) < 4.78 is 20.5. The van der Waals surface area contributed by atoms with Gasteiger partial charge >= 0.3 is 0 Å². The maximum atomic E-state index is 13.5. The lowest BCUT2D eigenvalue weighted by atomic mass is 10.0. The zero-order chi connectivity index (χ0) is 21.4. The van der Waals surface area contributed by atoms with Crippen molar-refractivity contribution in [2.45, 2.75) is 32.9 Å². The minimum atomic E-state index is -0.889. The molecule has 0 saturated heterocycles. The first-order valence-electron chi connectivity index (χ1n) is 9.59. The van der Waals surface area contributed by atoms with E-state index < -0.39 is 11.6 Å². The van der Waals surface area contributed by atoms with Crippen molar-refractivity contribution < 1.29 is 14.0 Å². The second kappa shape index (κ2) is 7.72. The van der Waals surface area contributed by atoms with Gasteiger partial charge in [-0.05, 0) is 25.6 Å². The Morgan fingerprint density at radius 1 is 1.37 bits per heavy atom. The molecule has 154 valence electrons. The monoisotopic (exact) mass is 409 g/mol. The first-order valence-corrected chi connectivity index (χ1v) is 9.59. The molecule has 0 saturated carbocycles. The van der Waals surface area contributed by atoms with Gasteiger partial charge in [0.25, 0.3) is 5.56 Å². The predicted molar refractivity (Wildman–Crippen MR) is 105 cm³/mol. The summed E-state index contributed by atoms with van der Waals surface area (Å²) >= 11 is 0. The largest absolute Gasteiger partial charge is 0.505 e. The second-order valence-electron chi connectivity index (χ2n) is 7.33. The Balaban J connectivity index is 1.71. The highest BCUT2D eigenvalue weighted by molar-refractivity contribution is 5.68. The number of nitrogens with zero attached hydrogens (tertiary/aromatic N) is 5. The van der Waals surface area contributed by atoms with Crippen LogP contribution in [0.4, 0.5) is 4.39 Å². The minimum absolute atomic E-state index is 0.0129. The summed E-state index contributed by atoms with van der Waals surface area (Å²) in [5, 5.41) is 22.9. The maximum absolute atomic E-state index is 13.5. The van der Waals surface area contributed by atoms with Gasteiger partial charge in [0.15, 0.2) is 17.3 Å². The SMILES string of the molecule is CCc1nc2c(c(=O)n1Cc1cc(-c3cc(O)c(F)cc3C#N)on1)CCN(C)C2. The van der Waals surface area contributed by atoms with Crippen molar-refractivity contribution in [3.05, 3.63) is 62.7 Å². The number of hydrogen-bond donors (Lipinski definition) is 1. The number of rotatable bonds is 4. The number of fused-ring (bicyclic) bond motifs is 1. The highest BCUT2D eigenvalue weighted by atomic mass is 19.1. The van der Waals surface area contributed by atoms with Gasteiger partial charge in [0.2, 0.25) is 0 Å². The Labute approximate surface area is 171 Å². The van der Waals surface area contributed by atoms with E-state index in [1.54, 1.807) is 10.6 Å². The molecule has 1 aliphatic rings. The van der Waals surface area contributed by atoms with E-state index in [4.69, 9.17) is 9.51 Å². The molecule has 0 spiro atoms. The standard InChI is InChI=1S/C21H20FN5O3/c1-3-20-24-17-11-26(2)5-4-14(17)21(29)27(20)10-13-7-19(30-25-13)15-8-18(28)16(22)6-12(15)9-23/h6-8,28H,3-5,10-11H2,1-2H3. The molecule has 1 aromatic carbocycles. The van der Waals surface area contributed by atoms with Crippen LogP contribution in [0.1, 0.15) is 35.3 Å². The molecule has 0 bridgehead atoms. The smallest absolute Gasteiger partial charge is 0.257 e. The normalized spacial score (nSPS) is 13.8. The van der Waals surface area contributed by atoms with E-state index in [0.717, 1.165) is 29.9 Å². The van der Waals surface area contributed by atoms with Crippen LogP contribution in [0, 0.1) is 17.1 Å². The molecule has 2 aromatic heterocycles. The average Bonchev–Trinajstić information content (AvgIpc) is 3.19. The van der Waals surface area contributed by atoms with Gasteiger partial charge < -0.3 is 14.5 Å². The van der Waals surface area contributed by atoms with E-state index in [2.05, 4.69) is 10.1 Å². The molecule has 0 radical (unpaired) electrons. The minimum Gasteiger partial charge on any atom is -0.505 e. The first kappa shape index (κ1) is 19.8. The van der Waals surface area contributed by atoms with Crippen molar-refractivity contribution in [2.24, 2.45) is 0 Å². The van der Waals surface area contributed by atoms with Gasteiger partial charge in [-0.2, -0.15) is 5.26 Å². The summed E-state index contributed by atoms with van der Waals surface area (Å²) in [5.41, 5.74) is 2.17. The summed E-state index contributed by atoms with van der Waals surface area (Å²) in [6.07, 6.45) is 1.23. The number of aromatic nitrogens is 3. The second-order valence-corrected chi connectivity index (χ2v) is 7.33. The van der Waals surface area contributed by atoms with Gasteiger partial charge in [0.1, 0.15) is 17.6 Å². The number of phenolic OH excluding ortho intramolecular Hbond substituents is 1. The predicted octanol–water partition coefficient (Wildman–Crippen LogP) is 2.21. The Kier molecular flexibility index (Phi) is 5.10. The van der Waals surface area contributed by atoms with E-state index in [1.165, 1.54) is 0 Å². The number of aromatic hydroxyl groups is 1. The number of aryl methyl sites for hydroxylation is 1. The van der Waals surface area contributed by atoms with Gasteiger partial charge in [-0.25, -0.2) is 9.37 Å². The summed E-state index contributed by atoms with van der Waals surface area (Å²) in [6.45, 7) is 3.55. The lowest BCUT2D eigenvalue weighted by Gasteiger charge is -2.25. The first-order chi connectivity index (χ1) is 14.4. The lowest BCUT2D eigenvalue weighted by Crippen LogP contribution is -2.37. The molecule has 0 aliphatic carbocycles. The Morgan fingerprint density at radius 2 is 2.17 bits per heavy atom. The van der Waals surface area contributed by atoms with Gasteiger partial charge in [-0.15, -0.1) is 0 Å². The van der Waals surface area contributed by atoms with Crippen LogP contribution in [0.2, 0.25) is 0 Å². The third-order valence-electron chi connectivity index (χ3n) is 5.26. The highest BCUT2D eigenvalue weighted by Gasteiger charge is 2.22. The number of likely N-dealkylation sites (N-methyl/N-ethyl adjacent to an activating group) is 1. The summed E-state index contributed by atoms with van der Waals surface area (Å²) in [4.78, 5) is 19.9. The summed E-state index contributed by atoms with van der Waals surface area (Å²) in [7, 11) is 2.00. The quantitative estimate of drug-likeness (QED) is 0.704. The van der Waals surface area contributed by atoms with Gasteiger partial charge in [0.05, 0.1) is 17.8 Å². The van der Waals surface area contributed by atoms with Crippen molar-refractivity contribution in [3.63, 3.8) is 0 Å². The molecule has 3 heterocycles. The molecule has 3 aromatic rings. The van der Waals surface area contributed by atoms with Crippen molar-refractivity contribution in [1.29, 1.82) is 5.26 Å². The number of hydrogen-bond acceptors (Lipinski definition) is 7. The average molecular weight is 409 g/mol. The van der Waals surface area contributed by atoms with E-state index in [-0.39, 0.29) is 29.0 Å². The van der Waals surface area contributed by atoms with Crippen LogP contribution in [-0.2, 0) is 25.9 Å². The Morgan fingerprint density at radius 3 is 2.90 bits per heavy atom. The van der Waals surface area contributed by atoms with Crippen LogP contribution in [0.5, 0.6) is 5.75 Å². The van der Waals surface area contributed by atoms with Crippen LogP contribution in [-0.4, -0.2) is 38.3 Å². The van der Waals surface area contributed by atoms with Crippen molar-refractivity contribution in [2.75, 3.05) is 13.6 Å². The molecule has 4 rings (SSSR count). The number of halogens is 1. The fourth-order valence-corrected chi connectivity index (χ4v) is 3.67. The van der Waals surface area contributed by atoms with Gasteiger partial charge in [-0.1, -0.05) is 12.1 Å². The Hall–Kier alpha value is -3.51. The van der Waals surface area contributed by atoms with E-state index in [0.29, 0.717) is 30.9 Å². The van der Waals surface area contributed by atoms with Crippen LogP contribution >= 0.6 is 0 Å². The van der Waals surface area contributed by atoms with Gasteiger partial charge in [0, 0.05) is 36.7 Å². The van der Waals surface area contributed by atoms with Crippen LogP contribution in [0.3, 0.4) is 0 Å². The topological polar surface area (TPSA) is 108 Å². The van der Waals surface area contributed by atoms with Crippen molar-refractivity contribution in [1.82, 2.24) is 19.6 Å². The lowest BCUT2D eigenvalue weighted by molar-refractivity contribution is 0.303. The van der Waals surface area contributed by atoms with E-state index >= 15 is 0 Å². The molecule has 1 N–H and O–H groups in total. The van der Waals surface area contributed by atoms with Crippen molar-refractivity contribution >= 4 is 0 Å². The molecular weight excluding hydrogens is 389 g/mol. The molecule has 0 atom stereocenters. The molecule has 1 aliphatic heterocycles. The van der Waals surface area contributed by atoms with Crippen LogP contribution in [0.15, 0.2) is 27.5 Å². The zero-order valence-electron chi connectivity index (χ0n) is 16.6. The molecule has 0 amide bonds.